The minimum absolute atomic E-state index is 0.547. The van der Waals surface area contributed by atoms with Crippen molar-refractivity contribution in [3.05, 3.63) is 47.5 Å². The van der Waals surface area contributed by atoms with Gasteiger partial charge in [0.05, 0.1) is 18.5 Å². The van der Waals surface area contributed by atoms with Crippen LogP contribution in [0.4, 0.5) is 0 Å². The van der Waals surface area contributed by atoms with Gasteiger partial charge in [0.25, 0.3) is 0 Å². The molecule has 0 N–H and O–H groups in total. The van der Waals surface area contributed by atoms with Crippen molar-refractivity contribution in [1.82, 2.24) is 19.9 Å². The summed E-state index contributed by atoms with van der Waals surface area (Å²) in [6.07, 6.45) is 4.09. The van der Waals surface area contributed by atoms with Crippen molar-refractivity contribution in [2.75, 3.05) is 0 Å². The van der Waals surface area contributed by atoms with E-state index >= 15 is 0 Å². The fourth-order valence-electron chi connectivity index (χ4n) is 2.38. The van der Waals surface area contributed by atoms with E-state index < -0.39 is 0 Å². The second-order valence-corrected chi connectivity index (χ2v) is 6.44. The van der Waals surface area contributed by atoms with Crippen molar-refractivity contribution >= 4 is 11.8 Å². The zero-order valence-corrected chi connectivity index (χ0v) is 13.0. The van der Waals surface area contributed by atoms with Crippen LogP contribution in [0.5, 0.6) is 0 Å². The SMILES string of the molecule is Cc1cc(CSc2nnc(C3CC3)n2Cc2ccco2)no1. The molecule has 0 unspecified atom stereocenters. The first-order valence-corrected chi connectivity index (χ1v) is 8.28. The zero-order chi connectivity index (χ0) is 14.9. The van der Waals surface area contributed by atoms with E-state index in [4.69, 9.17) is 8.94 Å². The van der Waals surface area contributed by atoms with Crippen molar-refractivity contribution in [3.63, 3.8) is 0 Å². The van der Waals surface area contributed by atoms with Crippen molar-refractivity contribution in [2.45, 2.75) is 43.1 Å². The molecule has 0 radical (unpaired) electrons. The number of rotatable bonds is 6. The number of hydrogen-bond acceptors (Lipinski definition) is 6. The molecule has 3 heterocycles. The highest BCUT2D eigenvalue weighted by Crippen LogP contribution is 2.40. The van der Waals surface area contributed by atoms with Crippen molar-refractivity contribution in [1.29, 1.82) is 0 Å². The summed E-state index contributed by atoms with van der Waals surface area (Å²) in [7, 11) is 0. The van der Waals surface area contributed by atoms with Crippen LogP contribution in [0.1, 0.15) is 41.8 Å². The van der Waals surface area contributed by atoms with Gasteiger partial charge in [-0.2, -0.15) is 0 Å². The van der Waals surface area contributed by atoms with Gasteiger partial charge in [-0.15, -0.1) is 10.2 Å². The molecule has 1 fully saturated rings. The molecule has 114 valence electrons. The molecule has 1 saturated carbocycles. The molecule has 1 aliphatic rings. The van der Waals surface area contributed by atoms with E-state index in [1.807, 2.05) is 25.1 Å². The number of hydrogen-bond donors (Lipinski definition) is 0. The molecule has 0 spiro atoms. The molecular formula is C15H16N4O2S. The zero-order valence-electron chi connectivity index (χ0n) is 12.2. The second kappa shape index (κ2) is 5.64. The predicted molar refractivity (Wildman–Crippen MR) is 80.6 cm³/mol. The van der Waals surface area contributed by atoms with Gasteiger partial charge < -0.3 is 8.94 Å². The maximum atomic E-state index is 5.47. The highest BCUT2D eigenvalue weighted by atomic mass is 32.2. The van der Waals surface area contributed by atoms with Crippen LogP contribution in [0.3, 0.4) is 0 Å². The first kappa shape index (κ1) is 13.6. The Morgan fingerprint density at radius 2 is 2.27 bits per heavy atom. The number of thioether (sulfide) groups is 1. The van der Waals surface area contributed by atoms with E-state index in [0.717, 1.165) is 33.9 Å². The summed E-state index contributed by atoms with van der Waals surface area (Å²) in [5.41, 5.74) is 0.919. The molecule has 7 heteroatoms. The minimum atomic E-state index is 0.547. The Labute approximate surface area is 131 Å². The molecule has 1 aliphatic carbocycles. The summed E-state index contributed by atoms with van der Waals surface area (Å²) in [6, 6.07) is 5.83. The van der Waals surface area contributed by atoms with Crippen molar-refractivity contribution in [3.8, 4) is 0 Å². The molecule has 0 atom stereocenters. The Kier molecular flexibility index (Phi) is 3.49. The lowest BCUT2D eigenvalue weighted by atomic mass is 10.3. The van der Waals surface area contributed by atoms with Crippen LogP contribution < -0.4 is 0 Å². The summed E-state index contributed by atoms with van der Waals surface area (Å²) in [4.78, 5) is 0. The van der Waals surface area contributed by atoms with E-state index in [2.05, 4.69) is 19.9 Å². The fourth-order valence-corrected chi connectivity index (χ4v) is 3.21. The third-order valence-electron chi connectivity index (χ3n) is 3.61. The average molecular weight is 316 g/mol. The number of furan rings is 1. The van der Waals surface area contributed by atoms with Gasteiger partial charge in [-0.25, -0.2) is 0 Å². The lowest BCUT2D eigenvalue weighted by Gasteiger charge is -2.07. The van der Waals surface area contributed by atoms with Gasteiger partial charge in [0.1, 0.15) is 17.3 Å². The topological polar surface area (TPSA) is 69.9 Å². The van der Waals surface area contributed by atoms with Crippen LogP contribution in [0.15, 0.2) is 38.6 Å². The van der Waals surface area contributed by atoms with Crippen LogP contribution in [0.25, 0.3) is 0 Å². The summed E-state index contributed by atoms with van der Waals surface area (Å²) >= 11 is 1.63. The fraction of sp³-hybridized carbons (Fsp3) is 0.400. The highest BCUT2D eigenvalue weighted by Gasteiger charge is 2.30. The Morgan fingerprint density at radius 1 is 1.36 bits per heavy atom. The van der Waals surface area contributed by atoms with E-state index in [0.29, 0.717) is 12.5 Å². The first-order chi connectivity index (χ1) is 10.8. The van der Waals surface area contributed by atoms with Gasteiger partial charge in [0.2, 0.25) is 0 Å². The van der Waals surface area contributed by atoms with Crippen molar-refractivity contribution in [2.24, 2.45) is 0 Å². The normalized spacial score (nSPS) is 14.6. The smallest absolute Gasteiger partial charge is 0.192 e. The van der Waals surface area contributed by atoms with Crippen molar-refractivity contribution < 1.29 is 8.94 Å². The lowest BCUT2D eigenvalue weighted by Crippen LogP contribution is -2.05. The average Bonchev–Trinajstić information content (AvgIpc) is 2.91. The summed E-state index contributed by atoms with van der Waals surface area (Å²) in [6.45, 7) is 2.57. The molecule has 0 aromatic carbocycles. The Morgan fingerprint density at radius 3 is 2.95 bits per heavy atom. The molecule has 6 nitrogen and oxygen atoms in total. The lowest BCUT2D eigenvalue weighted by molar-refractivity contribution is 0.393. The largest absolute Gasteiger partial charge is 0.467 e. The summed E-state index contributed by atoms with van der Waals surface area (Å²) in [5, 5.41) is 13.7. The van der Waals surface area contributed by atoms with Crippen LogP contribution in [-0.4, -0.2) is 19.9 Å². The Bertz CT molecular complexity index is 758. The third-order valence-corrected chi connectivity index (χ3v) is 4.61. The van der Waals surface area contributed by atoms with Gasteiger partial charge in [0, 0.05) is 17.7 Å². The predicted octanol–water partition coefficient (Wildman–Crippen LogP) is 3.39. The van der Waals surface area contributed by atoms with Gasteiger partial charge >= 0.3 is 0 Å². The molecule has 4 rings (SSSR count). The van der Waals surface area contributed by atoms with Crippen LogP contribution in [0.2, 0.25) is 0 Å². The first-order valence-electron chi connectivity index (χ1n) is 7.30. The Balaban J connectivity index is 1.55. The van der Waals surface area contributed by atoms with Crippen LogP contribution >= 0.6 is 11.8 Å². The third kappa shape index (κ3) is 2.81. The summed E-state index contributed by atoms with van der Waals surface area (Å²) in [5.74, 6) is 4.08. The molecule has 0 aliphatic heterocycles. The van der Waals surface area contributed by atoms with E-state index in [1.165, 1.54) is 12.8 Å². The molecular weight excluding hydrogens is 300 g/mol. The molecule has 0 bridgehead atoms. The molecule has 22 heavy (non-hydrogen) atoms. The monoisotopic (exact) mass is 316 g/mol. The van der Waals surface area contributed by atoms with Gasteiger partial charge in [-0.1, -0.05) is 16.9 Å². The van der Waals surface area contributed by atoms with Gasteiger partial charge in [0.15, 0.2) is 5.16 Å². The number of aryl methyl sites for hydroxylation is 1. The van der Waals surface area contributed by atoms with Crippen LogP contribution in [0, 0.1) is 6.92 Å². The molecule has 0 saturated heterocycles. The number of aromatic nitrogens is 4. The van der Waals surface area contributed by atoms with Gasteiger partial charge in [-0.05, 0) is 31.9 Å². The Hall–Kier alpha value is -2.02. The summed E-state index contributed by atoms with van der Waals surface area (Å²) < 4.78 is 12.7. The minimum Gasteiger partial charge on any atom is -0.467 e. The van der Waals surface area contributed by atoms with E-state index in [-0.39, 0.29) is 0 Å². The number of nitrogens with zero attached hydrogens (tertiary/aromatic N) is 4. The van der Waals surface area contributed by atoms with Gasteiger partial charge in [-0.3, -0.25) is 4.57 Å². The highest BCUT2D eigenvalue weighted by molar-refractivity contribution is 7.98. The van der Waals surface area contributed by atoms with E-state index in [9.17, 15) is 0 Å². The standard InChI is InChI=1S/C15H16N4O2S/c1-10-7-12(18-21-10)9-22-15-17-16-14(11-4-5-11)19(15)8-13-3-2-6-20-13/h2-3,6-7,11H,4-5,8-9H2,1H3. The van der Waals surface area contributed by atoms with E-state index in [1.54, 1.807) is 18.0 Å². The molecule has 3 aromatic rings. The van der Waals surface area contributed by atoms with Crippen LogP contribution in [-0.2, 0) is 12.3 Å². The maximum Gasteiger partial charge on any atom is 0.192 e. The second-order valence-electron chi connectivity index (χ2n) is 5.50. The maximum absolute atomic E-state index is 5.47. The molecule has 3 aromatic heterocycles. The molecule has 0 amide bonds. The quantitative estimate of drug-likeness (QED) is 0.649.